The van der Waals surface area contributed by atoms with Crippen molar-refractivity contribution in [3.05, 3.63) is 83.1 Å². The number of ether oxygens (including phenoxy) is 2. The fourth-order valence-electron chi connectivity index (χ4n) is 2.86. The van der Waals surface area contributed by atoms with Crippen LogP contribution in [0.4, 0.5) is 5.13 Å². The Bertz CT molecular complexity index is 1200. The standard InChI is InChI=1S/C23H19N3O4S/c1-15-21(17-7-4-3-5-8-17)25-23(31-15)26-24-14-16-10-11-18(20(13-16)28-2)30-22(27)19-9-6-12-29-19/h3-14H,1-2H3,(H,25,26)/b24-14-. The molecule has 4 rings (SSSR count). The largest absolute Gasteiger partial charge is 0.493 e. The Balaban J connectivity index is 1.44. The normalized spacial score (nSPS) is 10.9. The van der Waals surface area contributed by atoms with E-state index in [-0.39, 0.29) is 11.5 Å². The van der Waals surface area contributed by atoms with Crippen molar-refractivity contribution >= 4 is 28.7 Å². The van der Waals surface area contributed by atoms with Crippen molar-refractivity contribution in [3.63, 3.8) is 0 Å². The molecule has 0 aliphatic carbocycles. The van der Waals surface area contributed by atoms with Gasteiger partial charge in [0.05, 0.1) is 25.3 Å². The molecule has 7 nitrogen and oxygen atoms in total. The molecule has 0 aliphatic heterocycles. The van der Waals surface area contributed by atoms with Gasteiger partial charge in [0.15, 0.2) is 11.5 Å². The number of anilines is 1. The fraction of sp³-hybridized carbons (Fsp3) is 0.0870. The van der Waals surface area contributed by atoms with Crippen LogP contribution in [0.15, 0.2) is 76.4 Å². The summed E-state index contributed by atoms with van der Waals surface area (Å²) < 4.78 is 15.7. The average molecular weight is 433 g/mol. The molecule has 0 atom stereocenters. The molecule has 0 fully saturated rings. The molecule has 2 aromatic heterocycles. The summed E-state index contributed by atoms with van der Waals surface area (Å²) in [5, 5.41) is 4.96. The Kier molecular flexibility index (Phi) is 6.09. The minimum Gasteiger partial charge on any atom is -0.493 e. The summed E-state index contributed by atoms with van der Waals surface area (Å²) in [4.78, 5) is 17.8. The molecular formula is C23H19N3O4S. The lowest BCUT2D eigenvalue weighted by Gasteiger charge is -2.08. The van der Waals surface area contributed by atoms with Crippen LogP contribution in [0.2, 0.25) is 0 Å². The minimum atomic E-state index is -0.597. The molecule has 31 heavy (non-hydrogen) atoms. The first-order valence-corrected chi connectivity index (χ1v) is 10.2. The third-order valence-corrected chi connectivity index (χ3v) is 5.21. The lowest BCUT2D eigenvalue weighted by atomic mass is 10.1. The number of nitrogens with one attached hydrogen (secondary N) is 1. The molecule has 2 heterocycles. The maximum absolute atomic E-state index is 12.1. The summed E-state index contributed by atoms with van der Waals surface area (Å²) in [6.07, 6.45) is 3.05. The molecule has 2 aromatic carbocycles. The molecule has 0 amide bonds. The zero-order valence-electron chi connectivity index (χ0n) is 16.9. The first-order valence-electron chi connectivity index (χ1n) is 9.39. The molecular weight excluding hydrogens is 414 g/mol. The number of carbonyl (C=O) groups excluding carboxylic acids is 1. The van der Waals surface area contributed by atoms with Crippen molar-refractivity contribution in [3.8, 4) is 22.8 Å². The number of methoxy groups -OCH3 is 1. The average Bonchev–Trinajstić information content (AvgIpc) is 3.45. The van der Waals surface area contributed by atoms with Gasteiger partial charge in [0.1, 0.15) is 0 Å². The summed E-state index contributed by atoms with van der Waals surface area (Å²) in [6, 6.07) is 18.3. The van der Waals surface area contributed by atoms with E-state index in [1.165, 1.54) is 30.8 Å². The molecule has 1 N–H and O–H groups in total. The molecule has 156 valence electrons. The Morgan fingerprint density at radius 1 is 1.13 bits per heavy atom. The summed E-state index contributed by atoms with van der Waals surface area (Å²) >= 11 is 1.53. The van der Waals surface area contributed by atoms with Gasteiger partial charge in [0, 0.05) is 10.4 Å². The van der Waals surface area contributed by atoms with Crippen LogP contribution in [0.5, 0.6) is 11.5 Å². The highest BCUT2D eigenvalue weighted by Gasteiger charge is 2.15. The van der Waals surface area contributed by atoms with E-state index in [1.54, 1.807) is 30.5 Å². The van der Waals surface area contributed by atoms with Gasteiger partial charge in [-0.1, -0.05) is 30.3 Å². The van der Waals surface area contributed by atoms with Crippen LogP contribution in [-0.2, 0) is 0 Å². The van der Waals surface area contributed by atoms with Crippen LogP contribution in [-0.4, -0.2) is 24.3 Å². The van der Waals surface area contributed by atoms with Crippen molar-refractivity contribution in [1.82, 2.24) is 4.98 Å². The zero-order valence-corrected chi connectivity index (χ0v) is 17.7. The predicted octanol–water partition coefficient (Wildman–Crippen LogP) is 5.39. The molecule has 0 spiro atoms. The van der Waals surface area contributed by atoms with Crippen molar-refractivity contribution in [2.75, 3.05) is 12.5 Å². The van der Waals surface area contributed by atoms with Gasteiger partial charge < -0.3 is 13.9 Å². The summed E-state index contributed by atoms with van der Waals surface area (Å²) in [5.74, 6) is 0.211. The van der Waals surface area contributed by atoms with Gasteiger partial charge in [0.2, 0.25) is 10.9 Å². The Morgan fingerprint density at radius 3 is 2.71 bits per heavy atom. The monoisotopic (exact) mass is 433 g/mol. The first-order chi connectivity index (χ1) is 15.1. The molecule has 0 radical (unpaired) electrons. The summed E-state index contributed by atoms with van der Waals surface area (Å²) in [5.41, 5.74) is 5.73. The van der Waals surface area contributed by atoms with Crippen LogP contribution >= 0.6 is 11.3 Å². The van der Waals surface area contributed by atoms with Crippen molar-refractivity contribution < 1.29 is 18.7 Å². The zero-order chi connectivity index (χ0) is 21.6. The quantitative estimate of drug-likeness (QED) is 0.182. The van der Waals surface area contributed by atoms with Crippen molar-refractivity contribution in [1.29, 1.82) is 0 Å². The Hall–Kier alpha value is -3.91. The molecule has 0 saturated carbocycles. The van der Waals surface area contributed by atoms with Gasteiger partial charge in [0.25, 0.3) is 0 Å². The number of esters is 1. The lowest BCUT2D eigenvalue weighted by Crippen LogP contribution is -2.08. The van der Waals surface area contributed by atoms with Crippen LogP contribution < -0.4 is 14.9 Å². The predicted molar refractivity (Wildman–Crippen MR) is 120 cm³/mol. The van der Waals surface area contributed by atoms with Crippen LogP contribution in [0, 0.1) is 6.92 Å². The molecule has 8 heteroatoms. The molecule has 0 aliphatic rings. The number of hydrazone groups is 1. The molecule has 0 saturated heterocycles. The van der Waals surface area contributed by atoms with Crippen LogP contribution in [0.25, 0.3) is 11.3 Å². The van der Waals surface area contributed by atoms with Gasteiger partial charge in [-0.25, -0.2) is 9.78 Å². The number of hydrogen-bond donors (Lipinski definition) is 1. The number of rotatable bonds is 7. The van der Waals surface area contributed by atoms with E-state index in [1.807, 2.05) is 37.3 Å². The van der Waals surface area contributed by atoms with E-state index in [9.17, 15) is 4.79 Å². The summed E-state index contributed by atoms with van der Waals surface area (Å²) in [7, 11) is 1.50. The van der Waals surface area contributed by atoms with Gasteiger partial charge in [-0.2, -0.15) is 5.10 Å². The van der Waals surface area contributed by atoms with E-state index in [2.05, 4.69) is 15.5 Å². The second kappa shape index (κ2) is 9.27. The first kappa shape index (κ1) is 20.4. The number of aryl methyl sites for hydroxylation is 1. The van der Waals surface area contributed by atoms with E-state index in [4.69, 9.17) is 13.9 Å². The Labute approximate surface area is 183 Å². The van der Waals surface area contributed by atoms with Crippen LogP contribution in [0.3, 0.4) is 0 Å². The third kappa shape index (κ3) is 4.81. The van der Waals surface area contributed by atoms with Crippen LogP contribution in [0.1, 0.15) is 21.0 Å². The van der Waals surface area contributed by atoms with Crippen molar-refractivity contribution in [2.24, 2.45) is 5.10 Å². The highest BCUT2D eigenvalue weighted by molar-refractivity contribution is 7.15. The van der Waals surface area contributed by atoms with Crippen molar-refractivity contribution in [2.45, 2.75) is 6.92 Å². The smallest absolute Gasteiger partial charge is 0.379 e. The van der Waals surface area contributed by atoms with E-state index in [0.29, 0.717) is 10.9 Å². The second-order valence-corrected chi connectivity index (χ2v) is 7.64. The van der Waals surface area contributed by atoms with Gasteiger partial charge in [-0.05, 0) is 42.8 Å². The van der Waals surface area contributed by atoms with E-state index >= 15 is 0 Å². The lowest BCUT2D eigenvalue weighted by molar-refractivity contribution is 0.0696. The Morgan fingerprint density at radius 2 is 1.97 bits per heavy atom. The minimum absolute atomic E-state index is 0.116. The number of nitrogens with zero attached hydrogens (tertiary/aromatic N) is 2. The third-order valence-electron chi connectivity index (χ3n) is 4.33. The van der Waals surface area contributed by atoms with Gasteiger partial charge >= 0.3 is 5.97 Å². The number of aromatic nitrogens is 1. The SMILES string of the molecule is COc1cc(/C=N\Nc2nc(-c3ccccc3)c(C)s2)ccc1OC(=O)c1ccco1. The van der Waals surface area contributed by atoms with Gasteiger partial charge in [-0.15, -0.1) is 11.3 Å². The van der Waals surface area contributed by atoms with E-state index < -0.39 is 5.97 Å². The fourth-order valence-corrected chi connectivity index (χ4v) is 3.65. The topological polar surface area (TPSA) is 86.0 Å². The number of thiazole rings is 1. The molecule has 0 unspecified atom stereocenters. The van der Waals surface area contributed by atoms with Gasteiger partial charge in [-0.3, -0.25) is 5.43 Å². The second-order valence-electron chi connectivity index (χ2n) is 6.44. The molecule has 4 aromatic rings. The molecule has 0 bridgehead atoms. The highest BCUT2D eigenvalue weighted by Crippen LogP contribution is 2.31. The number of benzene rings is 2. The maximum Gasteiger partial charge on any atom is 0.379 e. The highest BCUT2D eigenvalue weighted by atomic mass is 32.1. The van der Waals surface area contributed by atoms with E-state index in [0.717, 1.165) is 21.7 Å². The number of carbonyl (C=O) groups is 1. The number of furan rings is 1. The number of hydrogen-bond acceptors (Lipinski definition) is 8. The summed E-state index contributed by atoms with van der Waals surface area (Å²) in [6.45, 7) is 2.03. The maximum atomic E-state index is 12.1.